The Morgan fingerprint density at radius 1 is 1.44 bits per heavy atom. The van der Waals surface area contributed by atoms with Crippen molar-refractivity contribution in [3.05, 3.63) is 30.1 Å². The average molecular weight is 264 g/mol. The van der Waals surface area contributed by atoms with E-state index in [1.807, 2.05) is 6.07 Å². The third-order valence-electron chi connectivity index (χ3n) is 3.32. The van der Waals surface area contributed by atoms with Crippen molar-refractivity contribution in [3.8, 4) is 0 Å². The summed E-state index contributed by atoms with van der Waals surface area (Å²) in [4.78, 5) is 19.3. The number of sulfone groups is 1. The van der Waals surface area contributed by atoms with E-state index in [0.29, 0.717) is 17.6 Å². The summed E-state index contributed by atoms with van der Waals surface area (Å²) >= 11 is 0. The minimum atomic E-state index is -3.03. The number of ketones is 1. The van der Waals surface area contributed by atoms with Gasteiger partial charge in [-0.2, -0.15) is 0 Å². The van der Waals surface area contributed by atoms with Gasteiger partial charge in [0.05, 0.1) is 11.5 Å². The summed E-state index contributed by atoms with van der Waals surface area (Å²) in [5, 5.41) is 0.756. The molecule has 0 aromatic carbocycles. The van der Waals surface area contributed by atoms with E-state index in [4.69, 9.17) is 0 Å². The Hall–Kier alpha value is -1.69. The maximum atomic E-state index is 12.3. The van der Waals surface area contributed by atoms with Crippen LogP contribution < -0.4 is 0 Å². The van der Waals surface area contributed by atoms with Crippen molar-refractivity contribution >= 4 is 26.7 Å². The molecule has 1 aliphatic rings. The first-order chi connectivity index (χ1) is 8.57. The molecular weight excluding hydrogens is 252 g/mol. The lowest BCUT2D eigenvalue weighted by atomic mass is 9.97. The molecule has 1 fully saturated rings. The van der Waals surface area contributed by atoms with Gasteiger partial charge in [0, 0.05) is 29.3 Å². The van der Waals surface area contributed by atoms with Gasteiger partial charge in [0.15, 0.2) is 15.6 Å². The maximum absolute atomic E-state index is 12.3. The Bertz CT molecular complexity index is 718. The molecule has 3 rings (SSSR count). The summed E-state index contributed by atoms with van der Waals surface area (Å²) in [6.07, 6.45) is 3.69. The van der Waals surface area contributed by atoms with Crippen molar-refractivity contribution in [1.29, 1.82) is 0 Å². The van der Waals surface area contributed by atoms with E-state index in [0.717, 1.165) is 5.39 Å². The first kappa shape index (κ1) is 11.4. The summed E-state index contributed by atoms with van der Waals surface area (Å²) in [6.45, 7) is 0. The Morgan fingerprint density at radius 2 is 2.28 bits per heavy atom. The van der Waals surface area contributed by atoms with Crippen LogP contribution in [0.1, 0.15) is 16.8 Å². The molecule has 2 aromatic heterocycles. The molecule has 1 atom stereocenters. The van der Waals surface area contributed by atoms with E-state index in [-0.39, 0.29) is 17.3 Å². The molecule has 6 heteroatoms. The number of carbonyl (C=O) groups is 1. The minimum Gasteiger partial charge on any atom is -0.345 e. The summed E-state index contributed by atoms with van der Waals surface area (Å²) in [5.74, 6) is -0.424. The number of pyridine rings is 1. The highest BCUT2D eigenvalue weighted by Gasteiger charge is 2.34. The van der Waals surface area contributed by atoms with Crippen LogP contribution in [0.4, 0.5) is 0 Å². The lowest BCUT2D eigenvalue weighted by molar-refractivity contribution is 0.0935. The molecule has 1 unspecified atom stereocenters. The highest BCUT2D eigenvalue weighted by molar-refractivity contribution is 7.91. The van der Waals surface area contributed by atoms with Crippen LogP contribution >= 0.6 is 0 Å². The predicted octanol–water partition coefficient (Wildman–Crippen LogP) is 1.18. The first-order valence-electron chi connectivity index (χ1n) is 5.73. The van der Waals surface area contributed by atoms with Gasteiger partial charge in [-0.15, -0.1) is 0 Å². The molecule has 0 aliphatic carbocycles. The highest BCUT2D eigenvalue weighted by atomic mass is 32.2. The van der Waals surface area contributed by atoms with Crippen molar-refractivity contribution in [2.45, 2.75) is 6.42 Å². The zero-order valence-corrected chi connectivity index (χ0v) is 10.4. The van der Waals surface area contributed by atoms with E-state index >= 15 is 0 Å². The quantitative estimate of drug-likeness (QED) is 0.826. The third-order valence-corrected chi connectivity index (χ3v) is 5.09. The maximum Gasteiger partial charge on any atom is 0.169 e. The number of nitrogens with one attached hydrogen (secondary N) is 1. The molecule has 3 heterocycles. The van der Waals surface area contributed by atoms with Crippen LogP contribution in [-0.4, -0.2) is 35.7 Å². The van der Waals surface area contributed by atoms with Crippen molar-refractivity contribution < 1.29 is 13.2 Å². The standard InChI is InChI=1S/C12H12N2O3S/c15-11(8-3-5-18(16,17)7-8)10-6-14-12-9(10)2-1-4-13-12/h1-2,4,6,8H,3,5,7H2,(H,13,14). The van der Waals surface area contributed by atoms with Crippen LogP contribution in [0.25, 0.3) is 11.0 Å². The Labute approximate surface area is 104 Å². The largest absolute Gasteiger partial charge is 0.345 e. The molecule has 0 saturated carbocycles. The SMILES string of the molecule is O=C(c1c[nH]c2ncccc12)C1CCS(=O)(=O)C1. The van der Waals surface area contributed by atoms with Crippen LogP contribution in [0.15, 0.2) is 24.5 Å². The normalized spacial score (nSPS) is 22.3. The number of Topliss-reactive ketones (excluding diaryl/α,β-unsaturated/α-hetero) is 1. The molecule has 0 amide bonds. The minimum absolute atomic E-state index is 0.0290. The van der Waals surface area contributed by atoms with Gasteiger partial charge >= 0.3 is 0 Å². The monoisotopic (exact) mass is 264 g/mol. The Balaban J connectivity index is 1.98. The zero-order chi connectivity index (χ0) is 12.8. The second-order valence-electron chi connectivity index (χ2n) is 4.57. The smallest absolute Gasteiger partial charge is 0.169 e. The molecule has 1 N–H and O–H groups in total. The van der Waals surface area contributed by atoms with Gasteiger partial charge in [-0.1, -0.05) is 0 Å². The predicted molar refractivity (Wildman–Crippen MR) is 67.2 cm³/mol. The van der Waals surface area contributed by atoms with Crippen LogP contribution in [-0.2, 0) is 9.84 Å². The number of carbonyl (C=O) groups excluding carboxylic acids is 1. The summed E-state index contributed by atoms with van der Waals surface area (Å²) < 4.78 is 22.8. The number of aromatic nitrogens is 2. The molecular formula is C12H12N2O3S. The van der Waals surface area contributed by atoms with Crippen molar-refractivity contribution in [1.82, 2.24) is 9.97 Å². The van der Waals surface area contributed by atoms with Crippen molar-refractivity contribution in [3.63, 3.8) is 0 Å². The van der Waals surface area contributed by atoms with Gasteiger partial charge in [-0.3, -0.25) is 4.79 Å². The molecule has 1 aliphatic heterocycles. The summed E-state index contributed by atoms with van der Waals surface area (Å²) in [6, 6.07) is 3.58. The lowest BCUT2D eigenvalue weighted by Crippen LogP contribution is -2.15. The average Bonchev–Trinajstić information content (AvgIpc) is 2.91. The number of aromatic amines is 1. The molecule has 0 bridgehead atoms. The number of nitrogens with zero attached hydrogens (tertiary/aromatic N) is 1. The number of hydrogen-bond donors (Lipinski definition) is 1. The van der Waals surface area contributed by atoms with Crippen molar-refractivity contribution in [2.24, 2.45) is 5.92 Å². The molecule has 0 radical (unpaired) electrons. The van der Waals surface area contributed by atoms with Crippen LogP contribution in [0.3, 0.4) is 0 Å². The van der Waals surface area contributed by atoms with Gasteiger partial charge in [0.1, 0.15) is 5.65 Å². The van der Waals surface area contributed by atoms with E-state index in [1.165, 1.54) is 0 Å². The van der Waals surface area contributed by atoms with Gasteiger partial charge in [0.25, 0.3) is 0 Å². The van der Waals surface area contributed by atoms with Crippen LogP contribution in [0, 0.1) is 5.92 Å². The second kappa shape index (κ2) is 3.91. The summed E-state index contributed by atoms with van der Waals surface area (Å²) in [5.41, 5.74) is 1.20. The van der Waals surface area contributed by atoms with E-state index in [9.17, 15) is 13.2 Å². The van der Waals surface area contributed by atoms with Gasteiger partial charge in [-0.05, 0) is 18.6 Å². The molecule has 2 aromatic rings. The zero-order valence-electron chi connectivity index (χ0n) is 9.59. The topological polar surface area (TPSA) is 79.9 Å². The van der Waals surface area contributed by atoms with Crippen LogP contribution in [0.2, 0.25) is 0 Å². The van der Waals surface area contributed by atoms with Gasteiger partial charge in [0.2, 0.25) is 0 Å². The molecule has 94 valence electrons. The van der Waals surface area contributed by atoms with Crippen LogP contribution in [0.5, 0.6) is 0 Å². The number of hydrogen-bond acceptors (Lipinski definition) is 4. The fourth-order valence-electron chi connectivity index (χ4n) is 2.38. The van der Waals surface area contributed by atoms with Crippen molar-refractivity contribution in [2.75, 3.05) is 11.5 Å². The van der Waals surface area contributed by atoms with E-state index < -0.39 is 15.8 Å². The first-order valence-corrected chi connectivity index (χ1v) is 7.56. The second-order valence-corrected chi connectivity index (χ2v) is 6.79. The Kier molecular flexibility index (Phi) is 2.48. The number of fused-ring (bicyclic) bond motifs is 1. The fraction of sp³-hybridized carbons (Fsp3) is 0.333. The number of H-pyrrole nitrogens is 1. The molecule has 5 nitrogen and oxygen atoms in total. The van der Waals surface area contributed by atoms with Gasteiger partial charge in [-0.25, -0.2) is 13.4 Å². The molecule has 0 spiro atoms. The molecule has 18 heavy (non-hydrogen) atoms. The fourth-order valence-corrected chi connectivity index (χ4v) is 4.12. The molecule has 1 saturated heterocycles. The Morgan fingerprint density at radius 3 is 3.00 bits per heavy atom. The van der Waals surface area contributed by atoms with E-state index in [1.54, 1.807) is 18.5 Å². The number of rotatable bonds is 2. The highest BCUT2D eigenvalue weighted by Crippen LogP contribution is 2.26. The van der Waals surface area contributed by atoms with E-state index in [2.05, 4.69) is 9.97 Å². The lowest BCUT2D eigenvalue weighted by Gasteiger charge is -2.04. The summed E-state index contributed by atoms with van der Waals surface area (Å²) in [7, 11) is -3.03. The van der Waals surface area contributed by atoms with Gasteiger partial charge < -0.3 is 4.98 Å². The third kappa shape index (κ3) is 1.82.